The minimum absolute atomic E-state index is 0.240. The van der Waals surface area contributed by atoms with Gasteiger partial charge < -0.3 is 10.1 Å². The number of ether oxygens (including phenoxy) is 1. The summed E-state index contributed by atoms with van der Waals surface area (Å²) in [6, 6.07) is 8.34. The van der Waals surface area contributed by atoms with E-state index in [0.29, 0.717) is 5.92 Å². The molecule has 0 amide bonds. The Morgan fingerprint density at radius 3 is 2.43 bits per heavy atom. The third kappa shape index (κ3) is 2.26. The van der Waals surface area contributed by atoms with Gasteiger partial charge in [0, 0.05) is 25.8 Å². The van der Waals surface area contributed by atoms with E-state index in [-0.39, 0.29) is 6.10 Å². The van der Waals surface area contributed by atoms with E-state index < -0.39 is 0 Å². The molecular formula is C12H19NO. The summed E-state index contributed by atoms with van der Waals surface area (Å²) in [6.07, 6.45) is 0.240. The van der Waals surface area contributed by atoms with E-state index in [4.69, 9.17) is 4.74 Å². The summed E-state index contributed by atoms with van der Waals surface area (Å²) in [4.78, 5) is 0. The molecule has 0 aliphatic heterocycles. The number of nitrogens with one attached hydrogen (secondary N) is 1. The zero-order chi connectivity index (χ0) is 10.6. The minimum atomic E-state index is 0.240. The molecule has 0 saturated heterocycles. The Bertz CT molecular complexity index is 285. The summed E-state index contributed by atoms with van der Waals surface area (Å²) in [5.41, 5.74) is 2.49. The fraction of sp³-hybridized carbons (Fsp3) is 0.500. The number of rotatable bonds is 4. The number of anilines is 1. The van der Waals surface area contributed by atoms with Crippen LogP contribution in [-0.4, -0.2) is 20.3 Å². The van der Waals surface area contributed by atoms with E-state index >= 15 is 0 Å². The Morgan fingerprint density at radius 1 is 1.21 bits per heavy atom. The Hall–Kier alpha value is -1.02. The van der Waals surface area contributed by atoms with Crippen LogP contribution in [0.1, 0.15) is 25.3 Å². The second-order valence-electron chi connectivity index (χ2n) is 3.57. The van der Waals surface area contributed by atoms with Crippen molar-refractivity contribution in [3.8, 4) is 0 Å². The second kappa shape index (κ2) is 5.01. The van der Waals surface area contributed by atoms with E-state index in [2.05, 4.69) is 37.4 Å². The van der Waals surface area contributed by atoms with Gasteiger partial charge in [-0.3, -0.25) is 0 Å². The van der Waals surface area contributed by atoms with Crippen molar-refractivity contribution < 1.29 is 4.74 Å². The molecule has 1 aromatic rings. The van der Waals surface area contributed by atoms with Gasteiger partial charge in [0.2, 0.25) is 0 Å². The van der Waals surface area contributed by atoms with Crippen LogP contribution in [0.3, 0.4) is 0 Å². The molecule has 1 N–H and O–H groups in total. The van der Waals surface area contributed by atoms with Gasteiger partial charge in [-0.1, -0.05) is 25.1 Å². The molecule has 0 bridgehead atoms. The van der Waals surface area contributed by atoms with Gasteiger partial charge in [0.1, 0.15) is 0 Å². The fourth-order valence-electron chi connectivity index (χ4n) is 1.58. The second-order valence-corrected chi connectivity index (χ2v) is 3.57. The van der Waals surface area contributed by atoms with Gasteiger partial charge >= 0.3 is 0 Å². The summed E-state index contributed by atoms with van der Waals surface area (Å²) in [7, 11) is 3.70. The van der Waals surface area contributed by atoms with Crippen LogP contribution in [0.25, 0.3) is 0 Å². The predicted octanol–water partition coefficient (Wildman–Crippen LogP) is 2.87. The van der Waals surface area contributed by atoms with Crippen molar-refractivity contribution in [2.45, 2.75) is 25.9 Å². The van der Waals surface area contributed by atoms with Gasteiger partial charge in [-0.15, -0.1) is 0 Å². The molecule has 0 aromatic heterocycles. The van der Waals surface area contributed by atoms with Crippen molar-refractivity contribution in [1.29, 1.82) is 0 Å². The maximum Gasteiger partial charge on any atom is 0.0609 e. The number of hydrogen-bond acceptors (Lipinski definition) is 2. The predicted molar refractivity (Wildman–Crippen MR) is 60.9 cm³/mol. The molecule has 0 radical (unpaired) electrons. The Labute approximate surface area is 86.3 Å². The van der Waals surface area contributed by atoms with E-state index in [1.54, 1.807) is 7.11 Å². The summed E-state index contributed by atoms with van der Waals surface area (Å²) < 4.78 is 5.34. The van der Waals surface area contributed by atoms with Gasteiger partial charge in [-0.2, -0.15) is 0 Å². The Balaban J connectivity index is 2.93. The Kier molecular flexibility index (Phi) is 3.96. The summed E-state index contributed by atoms with van der Waals surface area (Å²) in [5, 5.41) is 3.20. The van der Waals surface area contributed by atoms with E-state index in [9.17, 15) is 0 Å². The molecule has 0 aliphatic rings. The van der Waals surface area contributed by atoms with Crippen LogP contribution in [0.2, 0.25) is 0 Å². The molecule has 0 aliphatic carbocycles. The quantitative estimate of drug-likeness (QED) is 0.794. The van der Waals surface area contributed by atoms with E-state index in [1.165, 1.54) is 11.3 Å². The lowest BCUT2D eigenvalue weighted by atomic mass is 9.94. The number of hydrogen-bond donors (Lipinski definition) is 1. The maximum absolute atomic E-state index is 5.34. The number of benzene rings is 1. The van der Waals surface area contributed by atoms with Crippen molar-refractivity contribution in [1.82, 2.24) is 0 Å². The van der Waals surface area contributed by atoms with Crippen LogP contribution in [0.15, 0.2) is 24.3 Å². The lowest BCUT2D eigenvalue weighted by Gasteiger charge is -2.21. The normalized spacial score (nSPS) is 14.9. The first-order chi connectivity index (χ1) is 6.70. The van der Waals surface area contributed by atoms with Crippen LogP contribution < -0.4 is 5.32 Å². The monoisotopic (exact) mass is 193 g/mol. The summed E-state index contributed by atoms with van der Waals surface area (Å²) >= 11 is 0. The zero-order valence-corrected chi connectivity index (χ0v) is 9.37. The maximum atomic E-state index is 5.34. The molecule has 0 fully saturated rings. The van der Waals surface area contributed by atoms with Gasteiger partial charge in [-0.25, -0.2) is 0 Å². The molecule has 2 atom stereocenters. The highest BCUT2D eigenvalue weighted by Gasteiger charge is 2.15. The van der Waals surface area contributed by atoms with Crippen LogP contribution in [0, 0.1) is 0 Å². The average Bonchev–Trinajstić information content (AvgIpc) is 2.26. The van der Waals surface area contributed by atoms with Crippen LogP contribution in [0.4, 0.5) is 5.69 Å². The zero-order valence-electron chi connectivity index (χ0n) is 9.37. The lowest BCUT2D eigenvalue weighted by Crippen LogP contribution is -2.15. The lowest BCUT2D eigenvalue weighted by molar-refractivity contribution is 0.0992. The third-order valence-electron chi connectivity index (χ3n) is 2.80. The van der Waals surface area contributed by atoms with Gasteiger partial charge in [0.15, 0.2) is 0 Å². The molecule has 0 heterocycles. The minimum Gasteiger partial charge on any atom is -0.388 e. The molecule has 0 unspecified atom stereocenters. The Morgan fingerprint density at radius 2 is 1.86 bits per heavy atom. The van der Waals surface area contributed by atoms with Crippen molar-refractivity contribution in [2.75, 3.05) is 19.5 Å². The molecular weight excluding hydrogens is 174 g/mol. The third-order valence-corrected chi connectivity index (χ3v) is 2.80. The molecule has 14 heavy (non-hydrogen) atoms. The highest BCUT2D eigenvalue weighted by atomic mass is 16.5. The van der Waals surface area contributed by atoms with Gasteiger partial charge in [0.05, 0.1) is 6.10 Å². The van der Waals surface area contributed by atoms with Gasteiger partial charge in [-0.05, 0) is 18.6 Å². The molecule has 2 nitrogen and oxygen atoms in total. The summed E-state index contributed by atoms with van der Waals surface area (Å²) in [6.45, 7) is 4.28. The first kappa shape index (κ1) is 11.1. The standard InChI is InChI=1S/C12H19NO/c1-9(10(2)14-4)11-7-5-6-8-12(11)13-3/h5-10,13H,1-4H3/t9-,10-/m1/s1. The topological polar surface area (TPSA) is 21.3 Å². The largest absolute Gasteiger partial charge is 0.388 e. The molecule has 0 saturated carbocycles. The highest BCUT2D eigenvalue weighted by Crippen LogP contribution is 2.27. The van der Waals surface area contributed by atoms with Crippen molar-refractivity contribution in [3.63, 3.8) is 0 Å². The smallest absolute Gasteiger partial charge is 0.0609 e. The van der Waals surface area contributed by atoms with Crippen LogP contribution in [0.5, 0.6) is 0 Å². The first-order valence-electron chi connectivity index (χ1n) is 5.00. The average molecular weight is 193 g/mol. The van der Waals surface area contributed by atoms with Crippen molar-refractivity contribution >= 4 is 5.69 Å². The molecule has 78 valence electrons. The van der Waals surface area contributed by atoms with Crippen LogP contribution >= 0.6 is 0 Å². The molecule has 0 spiro atoms. The number of para-hydroxylation sites is 1. The van der Waals surface area contributed by atoms with Crippen molar-refractivity contribution in [2.24, 2.45) is 0 Å². The molecule has 1 rings (SSSR count). The SMILES string of the molecule is CNc1ccccc1[C@H](C)[C@@H](C)OC. The molecule has 1 aromatic carbocycles. The van der Waals surface area contributed by atoms with Gasteiger partial charge in [0.25, 0.3) is 0 Å². The molecule has 2 heteroatoms. The fourth-order valence-corrected chi connectivity index (χ4v) is 1.58. The summed E-state index contributed by atoms with van der Waals surface area (Å²) in [5.74, 6) is 0.406. The van der Waals surface area contributed by atoms with E-state index in [0.717, 1.165) is 0 Å². The van der Waals surface area contributed by atoms with Crippen LogP contribution in [-0.2, 0) is 4.74 Å². The number of methoxy groups -OCH3 is 1. The highest BCUT2D eigenvalue weighted by molar-refractivity contribution is 5.52. The van der Waals surface area contributed by atoms with Crippen molar-refractivity contribution in [3.05, 3.63) is 29.8 Å². The first-order valence-corrected chi connectivity index (χ1v) is 5.00. The van der Waals surface area contributed by atoms with E-state index in [1.807, 2.05) is 13.1 Å².